The van der Waals surface area contributed by atoms with Gasteiger partial charge in [-0.2, -0.15) is 5.10 Å². The first-order valence-corrected chi connectivity index (χ1v) is 9.96. The molecule has 1 N–H and O–H groups in total. The highest BCUT2D eigenvalue weighted by Crippen LogP contribution is 2.30. The van der Waals surface area contributed by atoms with Crippen LogP contribution in [0.4, 0.5) is 0 Å². The molecule has 0 spiro atoms. The van der Waals surface area contributed by atoms with Crippen molar-refractivity contribution in [2.45, 2.75) is 26.4 Å². The van der Waals surface area contributed by atoms with E-state index >= 15 is 0 Å². The molecule has 0 saturated carbocycles. The Morgan fingerprint density at radius 3 is 2.93 bits per heavy atom. The number of benzene rings is 1. The van der Waals surface area contributed by atoms with Gasteiger partial charge in [0, 0.05) is 36.1 Å². The van der Waals surface area contributed by atoms with Gasteiger partial charge in [0.25, 0.3) is 5.91 Å². The van der Waals surface area contributed by atoms with Crippen LogP contribution in [0.15, 0.2) is 30.3 Å². The maximum absolute atomic E-state index is 13.0. The van der Waals surface area contributed by atoms with Crippen LogP contribution in [-0.2, 0) is 6.54 Å². The van der Waals surface area contributed by atoms with Gasteiger partial charge in [-0.15, -0.1) is 23.7 Å². The maximum atomic E-state index is 13.0. The Bertz CT molecular complexity index is 968. The lowest BCUT2D eigenvalue weighted by Crippen LogP contribution is -2.52. The summed E-state index contributed by atoms with van der Waals surface area (Å²) in [5.41, 5.74) is 1.96. The number of halogens is 2. The van der Waals surface area contributed by atoms with Gasteiger partial charge in [0.05, 0.1) is 17.1 Å². The molecule has 0 aliphatic carbocycles. The highest BCUT2D eigenvalue weighted by Gasteiger charge is 2.26. The summed E-state index contributed by atoms with van der Waals surface area (Å²) in [6.07, 6.45) is 0. The van der Waals surface area contributed by atoms with E-state index in [1.54, 1.807) is 0 Å². The summed E-state index contributed by atoms with van der Waals surface area (Å²) in [4.78, 5) is 16.7. The minimum atomic E-state index is 0. The van der Waals surface area contributed by atoms with Crippen LogP contribution in [0.1, 0.15) is 27.9 Å². The fraction of sp³-hybridized carbons (Fsp3) is 0.368. The molecular weight excluding hydrogens is 403 g/mol. The number of fused-ring (bicyclic) bond motifs is 1. The van der Waals surface area contributed by atoms with Crippen LogP contribution < -0.4 is 5.32 Å². The molecular formula is C19H22Cl2N4OS. The first-order valence-electron chi connectivity index (χ1n) is 8.76. The molecule has 3 aromatic rings. The topological polar surface area (TPSA) is 50.2 Å². The lowest BCUT2D eigenvalue weighted by atomic mass is 10.2. The summed E-state index contributed by atoms with van der Waals surface area (Å²) < 4.78 is 1.95. The second-order valence-corrected chi connectivity index (χ2v) is 8.15. The summed E-state index contributed by atoms with van der Waals surface area (Å²) in [6.45, 7) is 7.11. The van der Waals surface area contributed by atoms with Gasteiger partial charge in [-0.3, -0.25) is 9.48 Å². The fourth-order valence-corrected chi connectivity index (χ4v) is 4.71. The molecule has 1 aliphatic rings. The lowest BCUT2D eigenvalue weighted by Gasteiger charge is -2.33. The molecule has 0 radical (unpaired) electrons. The number of carbonyl (C=O) groups excluding carboxylic acids is 1. The van der Waals surface area contributed by atoms with Crippen molar-refractivity contribution < 1.29 is 4.79 Å². The normalized spacial score (nSPS) is 17.1. The molecule has 1 amide bonds. The summed E-state index contributed by atoms with van der Waals surface area (Å²) in [5.74, 6) is 0.115. The number of piperazine rings is 1. The smallest absolute Gasteiger partial charge is 0.264 e. The molecule has 1 aliphatic heterocycles. The number of thiophene rings is 1. The zero-order valence-electron chi connectivity index (χ0n) is 15.2. The Hall–Kier alpha value is -1.60. The van der Waals surface area contributed by atoms with Crippen LogP contribution in [0.25, 0.3) is 10.2 Å². The molecule has 3 heterocycles. The van der Waals surface area contributed by atoms with Gasteiger partial charge in [-0.25, -0.2) is 0 Å². The van der Waals surface area contributed by atoms with E-state index in [0.29, 0.717) is 6.54 Å². The summed E-state index contributed by atoms with van der Waals surface area (Å²) >= 11 is 7.82. The molecule has 5 nitrogen and oxygen atoms in total. The van der Waals surface area contributed by atoms with Crippen molar-refractivity contribution in [1.82, 2.24) is 20.0 Å². The second kappa shape index (κ2) is 8.19. The number of nitrogens with one attached hydrogen (secondary N) is 1. The molecule has 144 valence electrons. The Morgan fingerprint density at radius 1 is 1.41 bits per heavy atom. The maximum Gasteiger partial charge on any atom is 0.264 e. The molecule has 1 aromatic carbocycles. The average Bonchev–Trinajstić information content (AvgIpc) is 3.18. The molecule has 1 fully saturated rings. The number of aromatic nitrogens is 2. The number of hydrogen-bond donors (Lipinski definition) is 1. The third-order valence-electron chi connectivity index (χ3n) is 4.86. The van der Waals surface area contributed by atoms with Crippen LogP contribution >= 0.6 is 35.3 Å². The molecule has 27 heavy (non-hydrogen) atoms. The standard InChI is InChI=1S/C19H21ClN4OS.ClH/c1-12-10-21-7-8-23(12)18(25)17-9-15-13(2)22-24(19(15)26-17)11-14-5-3-4-6-16(14)20;/h3-6,9,12,21H,7-8,10-11H2,1-2H3;1H/t12-;/m1./s1. The highest BCUT2D eigenvalue weighted by atomic mass is 35.5. The minimum Gasteiger partial charge on any atom is -0.333 e. The van der Waals surface area contributed by atoms with Crippen molar-refractivity contribution in [1.29, 1.82) is 0 Å². The van der Waals surface area contributed by atoms with Gasteiger partial charge in [-0.05, 0) is 31.5 Å². The molecule has 8 heteroatoms. The molecule has 4 rings (SSSR count). The van der Waals surface area contributed by atoms with E-state index in [2.05, 4.69) is 17.3 Å². The fourth-order valence-electron chi connectivity index (χ4n) is 3.40. The number of aryl methyl sites for hydroxylation is 1. The minimum absolute atomic E-state index is 0. The van der Waals surface area contributed by atoms with Crippen LogP contribution in [0.5, 0.6) is 0 Å². The number of hydrogen-bond acceptors (Lipinski definition) is 4. The Morgan fingerprint density at radius 2 is 2.19 bits per heavy atom. The average molecular weight is 425 g/mol. The van der Waals surface area contributed by atoms with E-state index < -0.39 is 0 Å². The van der Waals surface area contributed by atoms with Gasteiger partial charge in [0.15, 0.2) is 0 Å². The van der Waals surface area contributed by atoms with Crippen LogP contribution in [0, 0.1) is 6.92 Å². The van der Waals surface area contributed by atoms with Crippen LogP contribution in [0.3, 0.4) is 0 Å². The number of rotatable bonds is 3. The van der Waals surface area contributed by atoms with Gasteiger partial charge < -0.3 is 10.2 Å². The van der Waals surface area contributed by atoms with Crippen LogP contribution in [-0.4, -0.2) is 46.3 Å². The predicted octanol–water partition coefficient (Wildman–Crippen LogP) is 3.96. The van der Waals surface area contributed by atoms with Gasteiger partial charge >= 0.3 is 0 Å². The number of nitrogens with zero attached hydrogens (tertiary/aromatic N) is 3. The zero-order valence-corrected chi connectivity index (χ0v) is 17.6. The summed E-state index contributed by atoms with van der Waals surface area (Å²) in [5, 5.41) is 9.76. The van der Waals surface area contributed by atoms with Crippen molar-refractivity contribution in [3.8, 4) is 0 Å². The Kier molecular flexibility index (Phi) is 6.11. The van der Waals surface area contributed by atoms with Crippen LogP contribution in [0.2, 0.25) is 5.02 Å². The van der Waals surface area contributed by atoms with E-state index in [1.807, 2.05) is 46.8 Å². The number of carbonyl (C=O) groups is 1. The Labute approximate surface area is 173 Å². The molecule has 0 bridgehead atoms. The number of amides is 1. The SMILES string of the molecule is Cc1nn(Cc2ccccc2Cl)c2sc(C(=O)N3CCNC[C@H]3C)cc12.Cl. The van der Waals surface area contributed by atoms with E-state index in [1.165, 1.54) is 11.3 Å². The third-order valence-corrected chi connectivity index (χ3v) is 6.36. The zero-order chi connectivity index (χ0) is 18.3. The van der Waals surface area contributed by atoms with Gasteiger partial charge in [-0.1, -0.05) is 29.8 Å². The summed E-state index contributed by atoms with van der Waals surface area (Å²) in [6, 6.07) is 9.99. The molecule has 2 aromatic heterocycles. The predicted molar refractivity (Wildman–Crippen MR) is 114 cm³/mol. The van der Waals surface area contributed by atoms with E-state index in [-0.39, 0.29) is 24.4 Å². The van der Waals surface area contributed by atoms with Crippen molar-refractivity contribution in [2.75, 3.05) is 19.6 Å². The molecule has 1 saturated heterocycles. The Balaban J connectivity index is 0.00000210. The van der Waals surface area contributed by atoms with E-state index in [0.717, 1.165) is 51.0 Å². The third kappa shape index (κ3) is 3.85. The highest BCUT2D eigenvalue weighted by molar-refractivity contribution is 7.20. The molecule has 1 atom stereocenters. The second-order valence-electron chi connectivity index (χ2n) is 6.72. The quantitative estimate of drug-likeness (QED) is 0.691. The van der Waals surface area contributed by atoms with E-state index in [9.17, 15) is 4.79 Å². The monoisotopic (exact) mass is 424 g/mol. The summed E-state index contributed by atoms with van der Waals surface area (Å²) in [7, 11) is 0. The first-order chi connectivity index (χ1) is 12.5. The lowest BCUT2D eigenvalue weighted by molar-refractivity contribution is 0.0661. The largest absolute Gasteiger partial charge is 0.333 e. The van der Waals surface area contributed by atoms with Crippen molar-refractivity contribution >= 4 is 51.5 Å². The van der Waals surface area contributed by atoms with Gasteiger partial charge in [0.2, 0.25) is 0 Å². The van der Waals surface area contributed by atoms with Crippen molar-refractivity contribution in [3.05, 3.63) is 51.5 Å². The van der Waals surface area contributed by atoms with E-state index in [4.69, 9.17) is 11.6 Å². The first kappa shape index (κ1) is 20.1. The van der Waals surface area contributed by atoms with Gasteiger partial charge in [0.1, 0.15) is 4.83 Å². The molecule has 0 unspecified atom stereocenters. The van der Waals surface area contributed by atoms with Crippen molar-refractivity contribution in [3.63, 3.8) is 0 Å². The van der Waals surface area contributed by atoms with Crippen molar-refractivity contribution in [2.24, 2.45) is 0 Å².